The molecule has 1 N–H and O–H groups in total. The highest BCUT2D eigenvalue weighted by atomic mass is 19.2. The number of nitrogens with one attached hydrogen (secondary N) is 1. The molecular weight excluding hydrogens is 262 g/mol. The maximum absolute atomic E-state index is 13.1. The van der Waals surface area contributed by atoms with E-state index < -0.39 is 11.6 Å². The molecule has 0 spiro atoms. The maximum Gasteiger partial charge on any atom is 0.227 e. The zero-order valence-corrected chi connectivity index (χ0v) is 11.2. The van der Waals surface area contributed by atoms with E-state index in [2.05, 4.69) is 5.32 Å². The van der Waals surface area contributed by atoms with Crippen LogP contribution >= 0.6 is 0 Å². The smallest absolute Gasteiger partial charge is 0.227 e. The fourth-order valence-corrected chi connectivity index (χ4v) is 3.20. The first-order chi connectivity index (χ1) is 9.63. The van der Waals surface area contributed by atoms with Crippen molar-refractivity contribution in [3.05, 3.63) is 35.4 Å². The predicted molar refractivity (Wildman–Crippen MR) is 71.1 cm³/mol. The van der Waals surface area contributed by atoms with Crippen LogP contribution in [0.15, 0.2) is 18.2 Å². The molecule has 2 saturated heterocycles. The van der Waals surface area contributed by atoms with E-state index in [1.165, 1.54) is 6.07 Å². The van der Waals surface area contributed by atoms with Crippen LogP contribution in [0, 0.1) is 23.5 Å². The molecule has 0 saturated carbocycles. The monoisotopic (exact) mass is 280 g/mol. The summed E-state index contributed by atoms with van der Waals surface area (Å²) in [4.78, 5) is 14.1. The summed E-state index contributed by atoms with van der Waals surface area (Å²) < 4.78 is 26.0. The van der Waals surface area contributed by atoms with Gasteiger partial charge in [-0.25, -0.2) is 8.78 Å². The van der Waals surface area contributed by atoms with Crippen molar-refractivity contribution in [2.24, 2.45) is 11.8 Å². The molecule has 108 valence electrons. The summed E-state index contributed by atoms with van der Waals surface area (Å²) >= 11 is 0. The van der Waals surface area contributed by atoms with Crippen molar-refractivity contribution in [1.29, 1.82) is 0 Å². The second-order valence-electron chi connectivity index (χ2n) is 5.73. The van der Waals surface area contributed by atoms with E-state index in [0.29, 0.717) is 17.4 Å². The van der Waals surface area contributed by atoms with E-state index in [4.69, 9.17) is 0 Å². The summed E-state index contributed by atoms with van der Waals surface area (Å²) in [6, 6.07) is 3.66. The van der Waals surface area contributed by atoms with Crippen molar-refractivity contribution >= 4 is 5.91 Å². The summed E-state index contributed by atoms with van der Waals surface area (Å²) in [6.07, 6.45) is 1.17. The van der Waals surface area contributed by atoms with E-state index in [1.54, 1.807) is 0 Å². The molecule has 2 heterocycles. The van der Waals surface area contributed by atoms with Gasteiger partial charge in [-0.3, -0.25) is 4.79 Å². The lowest BCUT2D eigenvalue weighted by Gasteiger charge is -2.34. The summed E-state index contributed by atoms with van der Waals surface area (Å²) in [6.45, 7) is 3.57. The fraction of sp³-hybridized carbons (Fsp3) is 0.533. The minimum absolute atomic E-state index is 0.00126. The first kappa shape index (κ1) is 13.5. The van der Waals surface area contributed by atoms with Crippen LogP contribution in [0.25, 0.3) is 0 Å². The number of carbonyl (C=O) groups excluding carboxylic acids is 1. The first-order valence-corrected chi connectivity index (χ1v) is 7.06. The van der Waals surface area contributed by atoms with Crippen LogP contribution < -0.4 is 5.32 Å². The van der Waals surface area contributed by atoms with Gasteiger partial charge in [0.1, 0.15) is 0 Å². The summed E-state index contributed by atoms with van der Waals surface area (Å²) in [5.41, 5.74) is 0.528. The Morgan fingerprint density at radius 1 is 1.25 bits per heavy atom. The minimum atomic E-state index is -0.894. The third-order valence-corrected chi connectivity index (χ3v) is 4.40. The van der Waals surface area contributed by atoms with Gasteiger partial charge in [0, 0.05) is 13.1 Å². The van der Waals surface area contributed by atoms with Crippen molar-refractivity contribution in [3.63, 3.8) is 0 Å². The zero-order chi connectivity index (χ0) is 14.1. The van der Waals surface area contributed by atoms with Gasteiger partial charge < -0.3 is 10.2 Å². The number of rotatable bonds is 2. The van der Waals surface area contributed by atoms with Gasteiger partial charge in [0.25, 0.3) is 0 Å². The molecule has 20 heavy (non-hydrogen) atoms. The molecule has 2 unspecified atom stereocenters. The highest BCUT2D eigenvalue weighted by Gasteiger charge is 2.34. The minimum Gasteiger partial charge on any atom is -0.342 e. The number of piperidine rings is 1. The van der Waals surface area contributed by atoms with Crippen LogP contribution in [0.2, 0.25) is 0 Å². The summed E-state index contributed by atoms with van der Waals surface area (Å²) in [7, 11) is 0. The predicted octanol–water partition coefficient (Wildman–Crippen LogP) is 1.58. The van der Waals surface area contributed by atoms with Crippen molar-refractivity contribution in [2.45, 2.75) is 12.8 Å². The van der Waals surface area contributed by atoms with Crippen molar-refractivity contribution < 1.29 is 13.6 Å². The molecule has 2 aliphatic heterocycles. The molecule has 1 aromatic rings. The SMILES string of the molecule is O=C(Cc1ccc(F)c(F)c1)N1CCC2CNCC2C1. The van der Waals surface area contributed by atoms with Crippen molar-refractivity contribution in [3.8, 4) is 0 Å². The number of benzene rings is 1. The van der Waals surface area contributed by atoms with E-state index in [9.17, 15) is 13.6 Å². The highest BCUT2D eigenvalue weighted by Crippen LogP contribution is 2.26. The molecule has 2 atom stereocenters. The van der Waals surface area contributed by atoms with E-state index >= 15 is 0 Å². The van der Waals surface area contributed by atoms with Crippen LogP contribution in [-0.4, -0.2) is 37.0 Å². The Labute approximate surface area is 117 Å². The molecule has 1 amide bonds. The molecule has 3 rings (SSSR count). The van der Waals surface area contributed by atoms with Gasteiger partial charge in [-0.1, -0.05) is 6.07 Å². The normalized spacial score (nSPS) is 25.6. The number of amides is 1. The van der Waals surface area contributed by atoms with Crippen LogP contribution in [0.3, 0.4) is 0 Å². The molecule has 2 fully saturated rings. The van der Waals surface area contributed by atoms with Gasteiger partial charge in [-0.2, -0.15) is 0 Å². The Bertz CT molecular complexity index is 521. The molecule has 2 aliphatic rings. The summed E-state index contributed by atoms with van der Waals surface area (Å²) in [5, 5.41) is 3.36. The maximum atomic E-state index is 13.1. The topological polar surface area (TPSA) is 32.3 Å². The largest absolute Gasteiger partial charge is 0.342 e. The average molecular weight is 280 g/mol. The van der Waals surface area contributed by atoms with Gasteiger partial charge >= 0.3 is 0 Å². The Morgan fingerprint density at radius 2 is 2.05 bits per heavy atom. The molecule has 0 radical (unpaired) electrons. The Kier molecular flexibility index (Phi) is 3.70. The van der Waals surface area contributed by atoms with Gasteiger partial charge in [-0.05, 0) is 49.0 Å². The van der Waals surface area contributed by atoms with Gasteiger partial charge in [0.2, 0.25) is 5.91 Å². The Balaban J connectivity index is 1.62. The summed E-state index contributed by atoms with van der Waals surface area (Å²) in [5.74, 6) is -0.547. The van der Waals surface area contributed by atoms with Crippen molar-refractivity contribution in [1.82, 2.24) is 10.2 Å². The number of likely N-dealkylation sites (tertiary alicyclic amines) is 1. The van der Waals surface area contributed by atoms with Gasteiger partial charge in [0.15, 0.2) is 11.6 Å². The van der Waals surface area contributed by atoms with Gasteiger partial charge in [0.05, 0.1) is 6.42 Å². The molecule has 1 aromatic carbocycles. The third kappa shape index (κ3) is 2.68. The van der Waals surface area contributed by atoms with E-state index in [0.717, 1.165) is 44.7 Å². The number of carbonyl (C=O) groups is 1. The number of hydrogen-bond acceptors (Lipinski definition) is 2. The Hall–Kier alpha value is -1.49. The van der Waals surface area contributed by atoms with Crippen LogP contribution in [0.4, 0.5) is 8.78 Å². The van der Waals surface area contributed by atoms with E-state index in [1.807, 2.05) is 4.90 Å². The molecule has 0 bridgehead atoms. The number of hydrogen-bond donors (Lipinski definition) is 1. The van der Waals surface area contributed by atoms with Crippen LogP contribution in [0.1, 0.15) is 12.0 Å². The molecule has 0 aromatic heterocycles. The van der Waals surface area contributed by atoms with E-state index in [-0.39, 0.29) is 12.3 Å². The lowest BCUT2D eigenvalue weighted by molar-refractivity contribution is -0.132. The molecule has 3 nitrogen and oxygen atoms in total. The average Bonchev–Trinajstić information content (AvgIpc) is 2.90. The van der Waals surface area contributed by atoms with Crippen LogP contribution in [0.5, 0.6) is 0 Å². The third-order valence-electron chi connectivity index (χ3n) is 4.40. The lowest BCUT2D eigenvalue weighted by Crippen LogP contribution is -2.44. The number of nitrogens with zero attached hydrogens (tertiary/aromatic N) is 1. The quantitative estimate of drug-likeness (QED) is 0.892. The zero-order valence-electron chi connectivity index (χ0n) is 11.2. The lowest BCUT2D eigenvalue weighted by atomic mass is 9.88. The second-order valence-corrected chi connectivity index (χ2v) is 5.73. The fourth-order valence-electron chi connectivity index (χ4n) is 3.20. The standard InChI is InChI=1S/C15H18F2N2O/c16-13-2-1-10(5-14(13)17)6-15(20)19-4-3-11-7-18-8-12(11)9-19/h1-2,5,11-12,18H,3-4,6-9H2. The number of halogens is 2. The van der Waals surface area contributed by atoms with Gasteiger partial charge in [-0.15, -0.1) is 0 Å². The van der Waals surface area contributed by atoms with Crippen LogP contribution in [-0.2, 0) is 11.2 Å². The second kappa shape index (κ2) is 5.48. The molecule has 0 aliphatic carbocycles. The number of fused-ring (bicyclic) bond motifs is 1. The first-order valence-electron chi connectivity index (χ1n) is 7.06. The molecular formula is C15H18F2N2O. The Morgan fingerprint density at radius 3 is 2.85 bits per heavy atom. The van der Waals surface area contributed by atoms with Crippen molar-refractivity contribution in [2.75, 3.05) is 26.2 Å². The molecule has 5 heteroatoms. The highest BCUT2D eigenvalue weighted by molar-refractivity contribution is 5.78.